The summed E-state index contributed by atoms with van der Waals surface area (Å²) in [7, 11) is 0. The Hall–Kier alpha value is -0.950. The minimum absolute atomic E-state index is 0.137. The number of hydrogen-bond acceptors (Lipinski definition) is 4. The molecule has 1 spiro atoms. The van der Waals surface area contributed by atoms with Gasteiger partial charge in [-0.2, -0.15) is 24.9 Å². The molecular weight excluding hydrogens is 385 g/mol. The molecule has 0 amide bonds. The summed E-state index contributed by atoms with van der Waals surface area (Å²) in [5, 5.41) is 0. The molecule has 156 valence electrons. The van der Waals surface area contributed by atoms with Crippen molar-refractivity contribution in [3.8, 4) is 5.75 Å². The maximum Gasteiger partial charge on any atom is 0.391 e. The first-order valence-electron chi connectivity index (χ1n) is 10.4. The zero-order valence-electron chi connectivity index (χ0n) is 16.2. The standard InChI is InChI=1S/C21H29F3N2OS/c22-21(23,24)17-3-1-16(2-4-17)19-6-5-18(13-25-19)27-12-11-26-9-7-20(8-10-26)14-28-15-20/h5-6,13,16-17H,1-4,7-12,14-15H2. The molecule has 0 atom stereocenters. The van der Waals surface area contributed by atoms with E-state index in [4.69, 9.17) is 4.74 Å². The molecule has 0 aromatic carbocycles. The highest BCUT2D eigenvalue weighted by Gasteiger charge is 2.42. The zero-order valence-corrected chi connectivity index (χ0v) is 17.0. The Morgan fingerprint density at radius 3 is 2.36 bits per heavy atom. The van der Waals surface area contributed by atoms with Crippen LogP contribution in [0.5, 0.6) is 5.75 Å². The smallest absolute Gasteiger partial charge is 0.391 e. The fourth-order valence-electron chi connectivity index (χ4n) is 4.66. The van der Waals surface area contributed by atoms with Gasteiger partial charge in [0.1, 0.15) is 12.4 Å². The van der Waals surface area contributed by atoms with Crippen LogP contribution in [0.25, 0.3) is 0 Å². The fraction of sp³-hybridized carbons (Fsp3) is 0.762. The number of nitrogens with zero attached hydrogens (tertiary/aromatic N) is 2. The third kappa shape index (κ3) is 4.78. The van der Waals surface area contributed by atoms with Gasteiger partial charge < -0.3 is 4.74 Å². The summed E-state index contributed by atoms with van der Waals surface area (Å²) < 4.78 is 44.2. The molecule has 1 aromatic heterocycles. The maximum atomic E-state index is 12.8. The van der Waals surface area contributed by atoms with E-state index in [0.29, 0.717) is 24.9 Å². The summed E-state index contributed by atoms with van der Waals surface area (Å²) in [6.45, 7) is 3.93. The summed E-state index contributed by atoms with van der Waals surface area (Å²) in [4.78, 5) is 6.95. The number of pyridine rings is 1. The van der Waals surface area contributed by atoms with Crippen molar-refractivity contribution < 1.29 is 17.9 Å². The third-order valence-corrected chi connectivity index (χ3v) is 8.41. The first kappa shape index (κ1) is 20.3. The molecule has 3 nitrogen and oxygen atoms in total. The van der Waals surface area contributed by atoms with Crippen molar-refractivity contribution in [2.75, 3.05) is 37.7 Å². The average Bonchev–Trinajstić information content (AvgIpc) is 2.67. The Labute approximate surface area is 169 Å². The van der Waals surface area contributed by atoms with Crippen molar-refractivity contribution in [3.05, 3.63) is 24.0 Å². The van der Waals surface area contributed by atoms with Gasteiger partial charge >= 0.3 is 6.18 Å². The summed E-state index contributed by atoms with van der Waals surface area (Å²) in [6.07, 6.45) is 1.84. The second kappa shape index (κ2) is 8.42. The van der Waals surface area contributed by atoms with Gasteiger partial charge in [-0.1, -0.05) is 0 Å². The third-order valence-electron chi connectivity index (χ3n) is 6.78. The van der Waals surface area contributed by atoms with Gasteiger partial charge in [-0.25, -0.2) is 0 Å². The minimum atomic E-state index is -4.05. The number of thioether (sulfide) groups is 1. The van der Waals surface area contributed by atoms with Crippen LogP contribution in [0.1, 0.15) is 50.1 Å². The van der Waals surface area contributed by atoms with Gasteiger partial charge in [0.15, 0.2) is 0 Å². The molecule has 3 fully saturated rings. The number of rotatable bonds is 5. The van der Waals surface area contributed by atoms with Crippen molar-refractivity contribution in [1.82, 2.24) is 9.88 Å². The van der Waals surface area contributed by atoms with E-state index < -0.39 is 12.1 Å². The molecule has 1 aromatic rings. The Kier molecular flexibility index (Phi) is 6.12. The monoisotopic (exact) mass is 414 g/mol. The number of likely N-dealkylation sites (tertiary alicyclic amines) is 1. The van der Waals surface area contributed by atoms with Crippen LogP contribution in [-0.4, -0.2) is 53.8 Å². The number of alkyl halides is 3. The van der Waals surface area contributed by atoms with E-state index in [1.54, 1.807) is 6.20 Å². The number of aromatic nitrogens is 1. The molecule has 4 rings (SSSR count). The number of ether oxygens (including phenoxy) is 1. The lowest BCUT2D eigenvalue weighted by Gasteiger charge is -2.47. The molecule has 0 bridgehead atoms. The van der Waals surface area contributed by atoms with Crippen LogP contribution in [-0.2, 0) is 0 Å². The van der Waals surface area contributed by atoms with Crippen LogP contribution in [0.2, 0.25) is 0 Å². The van der Waals surface area contributed by atoms with E-state index in [1.165, 1.54) is 37.4 Å². The average molecular weight is 415 g/mol. The first-order chi connectivity index (χ1) is 13.4. The van der Waals surface area contributed by atoms with Crippen LogP contribution >= 0.6 is 11.8 Å². The maximum absolute atomic E-state index is 12.8. The summed E-state index contributed by atoms with van der Waals surface area (Å²) >= 11 is 2.07. The van der Waals surface area contributed by atoms with Gasteiger partial charge in [-0.3, -0.25) is 9.88 Å². The quantitative estimate of drug-likeness (QED) is 0.667. The highest BCUT2D eigenvalue weighted by Crippen LogP contribution is 2.46. The predicted octanol–water partition coefficient (Wildman–Crippen LogP) is 5.13. The van der Waals surface area contributed by atoms with Gasteiger partial charge in [0.25, 0.3) is 0 Å². The lowest BCUT2D eigenvalue weighted by Crippen LogP contribution is -2.47. The zero-order chi connectivity index (χ0) is 19.6. The number of hydrogen-bond donors (Lipinski definition) is 0. The van der Waals surface area contributed by atoms with Crippen molar-refractivity contribution in [2.24, 2.45) is 11.3 Å². The van der Waals surface area contributed by atoms with Crippen molar-refractivity contribution in [1.29, 1.82) is 0 Å². The van der Waals surface area contributed by atoms with Gasteiger partial charge in [0.05, 0.1) is 12.1 Å². The van der Waals surface area contributed by atoms with Crippen molar-refractivity contribution in [3.63, 3.8) is 0 Å². The predicted molar refractivity (Wildman–Crippen MR) is 106 cm³/mol. The minimum Gasteiger partial charge on any atom is -0.491 e. The molecule has 2 saturated heterocycles. The van der Waals surface area contributed by atoms with Crippen LogP contribution in [0.4, 0.5) is 13.2 Å². The summed E-state index contributed by atoms with van der Waals surface area (Å²) in [5.74, 6) is 2.43. The SMILES string of the molecule is FC(F)(F)C1CCC(c2ccc(OCCN3CCC4(CC3)CSC4)cn2)CC1. The lowest BCUT2D eigenvalue weighted by atomic mass is 9.80. The Bertz CT molecular complexity index is 630. The fourth-order valence-corrected chi connectivity index (χ4v) is 6.02. The Morgan fingerprint density at radius 2 is 1.82 bits per heavy atom. The topological polar surface area (TPSA) is 25.4 Å². The molecule has 1 saturated carbocycles. The van der Waals surface area contributed by atoms with E-state index in [1.807, 2.05) is 12.1 Å². The first-order valence-corrected chi connectivity index (χ1v) is 11.5. The molecule has 2 aliphatic heterocycles. The Balaban J connectivity index is 1.18. The molecule has 3 heterocycles. The number of halogens is 3. The highest BCUT2D eigenvalue weighted by atomic mass is 32.2. The molecule has 0 radical (unpaired) electrons. The van der Waals surface area contributed by atoms with E-state index in [0.717, 1.165) is 18.0 Å². The van der Waals surface area contributed by atoms with Crippen LogP contribution in [0.15, 0.2) is 18.3 Å². The van der Waals surface area contributed by atoms with Crippen LogP contribution in [0, 0.1) is 11.3 Å². The second-order valence-electron chi connectivity index (χ2n) is 8.69. The molecule has 0 unspecified atom stereocenters. The molecule has 0 N–H and O–H groups in total. The van der Waals surface area contributed by atoms with E-state index in [9.17, 15) is 13.2 Å². The largest absolute Gasteiger partial charge is 0.491 e. The van der Waals surface area contributed by atoms with Crippen molar-refractivity contribution >= 4 is 11.8 Å². The molecular formula is C21H29F3N2OS. The second-order valence-corrected chi connectivity index (χ2v) is 9.68. The summed E-state index contributed by atoms with van der Waals surface area (Å²) in [5.41, 5.74) is 1.54. The van der Waals surface area contributed by atoms with Gasteiger partial charge in [-0.15, -0.1) is 0 Å². The normalized spacial score (nSPS) is 28.1. The van der Waals surface area contributed by atoms with Gasteiger partial charge in [0, 0.05) is 18.2 Å². The molecule has 3 aliphatic rings. The molecule has 7 heteroatoms. The van der Waals surface area contributed by atoms with E-state index in [2.05, 4.69) is 21.6 Å². The van der Waals surface area contributed by atoms with Crippen LogP contribution in [0.3, 0.4) is 0 Å². The summed E-state index contributed by atoms with van der Waals surface area (Å²) in [6, 6.07) is 3.84. The highest BCUT2D eigenvalue weighted by molar-refractivity contribution is 8.00. The van der Waals surface area contributed by atoms with E-state index in [-0.39, 0.29) is 18.8 Å². The molecule has 1 aliphatic carbocycles. The van der Waals surface area contributed by atoms with E-state index >= 15 is 0 Å². The van der Waals surface area contributed by atoms with Crippen LogP contribution < -0.4 is 4.74 Å². The van der Waals surface area contributed by atoms with Gasteiger partial charge in [-0.05, 0) is 80.7 Å². The molecule has 28 heavy (non-hydrogen) atoms. The van der Waals surface area contributed by atoms with Crippen molar-refractivity contribution in [2.45, 2.75) is 50.6 Å². The van der Waals surface area contributed by atoms with Gasteiger partial charge in [0.2, 0.25) is 0 Å². The number of piperidine rings is 1. The lowest BCUT2D eigenvalue weighted by molar-refractivity contribution is -0.182. The Morgan fingerprint density at radius 1 is 1.11 bits per heavy atom.